The normalized spacial score (nSPS) is 10.5. The lowest BCUT2D eigenvalue weighted by Gasteiger charge is -2.17. The van der Waals surface area contributed by atoms with Crippen molar-refractivity contribution in [3.8, 4) is 0 Å². The Morgan fingerprint density at radius 2 is 1.50 bits per heavy atom. The molecule has 0 spiro atoms. The monoisotopic (exact) mass is 322 g/mol. The molecule has 0 bridgehead atoms. The van der Waals surface area contributed by atoms with Crippen molar-refractivity contribution in [1.82, 2.24) is 0 Å². The molecule has 0 unspecified atom stereocenters. The van der Waals surface area contributed by atoms with Crippen molar-refractivity contribution in [2.75, 3.05) is 13.2 Å². The van der Waals surface area contributed by atoms with Crippen LogP contribution in [0.1, 0.15) is 25.3 Å². The molecule has 1 aromatic rings. The van der Waals surface area contributed by atoms with Crippen LogP contribution >= 0.6 is 23.2 Å². The number of carbonyl (C=O) groups excluding carboxylic acids is 2. The zero-order valence-corrected chi connectivity index (χ0v) is 12.4. The third-order valence-corrected chi connectivity index (χ3v) is 3.00. The standard InChI is InChI=1S/C13H13Cl2FO4/c1-3-19-12(17)11(13(18)20-4-2)10-8(14)5-7(16)6-9(10)15/h5-6,11H,3-4H2,1-2H3. The molecule has 0 saturated carbocycles. The average Bonchev–Trinajstić information content (AvgIpc) is 2.33. The van der Waals surface area contributed by atoms with E-state index in [1.165, 1.54) is 0 Å². The van der Waals surface area contributed by atoms with Gasteiger partial charge in [-0.05, 0) is 26.0 Å². The van der Waals surface area contributed by atoms with E-state index in [-0.39, 0.29) is 28.8 Å². The van der Waals surface area contributed by atoms with Crippen molar-refractivity contribution in [2.24, 2.45) is 0 Å². The summed E-state index contributed by atoms with van der Waals surface area (Å²) in [6, 6.07) is 1.93. The number of carbonyl (C=O) groups is 2. The molecule has 0 amide bonds. The summed E-state index contributed by atoms with van der Waals surface area (Å²) in [5, 5.41) is -0.276. The molecule has 0 N–H and O–H groups in total. The fourth-order valence-electron chi connectivity index (χ4n) is 1.61. The summed E-state index contributed by atoms with van der Waals surface area (Å²) in [6.07, 6.45) is 0. The summed E-state index contributed by atoms with van der Waals surface area (Å²) < 4.78 is 22.8. The van der Waals surface area contributed by atoms with Gasteiger partial charge >= 0.3 is 11.9 Å². The first-order valence-corrected chi connectivity index (χ1v) is 6.65. The van der Waals surface area contributed by atoms with E-state index in [0.717, 1.165) is 12.1 Å². The number of esters is 2. The molecule has 0 aliphatic heterocycles. The summed E-state index contributed by atoms with van der Waals surface area (Å²) in [7, 11) is 0. The van der Waals surface area contributed by atoms with E-state index < -0.39 is 23.7 Å². The summed E-state index contributed by atoms with van der Waals surface area (Å²) in [5.41, 5.74) is -0.0216. The zero-order chi connectivity index (χ0) is 15.3. The van der Waals surface area contributed by atoms with Gasteiger partial charge in [-0.1, -0.05) is 23.2 Å². The molecular formula is C13H13Cl2FO4. The van der Waals surface area contributed by atoms with Crippen molar-refractivity contribution >= 4 is 35.1 Å². The van der Waals surface area contributed by atoms with Gasteiger partial charge in [0.1, 0.15) is 5.82 Å². The molecule has 1 rings (SSSR count). The smallest absolute Gasteiger partial charge is 0.325 e. The number of rotatable bonds is 5. The van der Waals surface area contributed by atoms with Crippen LogP contribution in [0.2, 0.25) is 10.0 Å². The Bertz CT molecular complexity index is 478. The van der Waals surface area contributed by atoms with Gasteiger partial charge in [-0.3, -0.25) is 9.59 Å². The molecule has 0 fully saturated rings. The molecule has 20 heavy (non-hydrogen) atoms. The van der Waals surface area contributed by atoms with Crippen LogP contribution in [0.25, 0.3) is 0 Å². The number of halogens is 3. The molecule has 0 saturated heterocycles. The quantitative estimate of drug-likeness (QED) is 0.616. The maximum Gasteiger partial charge on any atom is 0.325 e. The molecule has 0 atom stereocenters. The Morgan fingerprint density at radius 3 is 1.85 bits per heavy atom. The van der Waals surface area contributed by atoms with Crippen LogP contribution in [0.4, 0.5) is 4.39 Å². The van der Waals surface area contributed by atoms with E-state index in [9.17, 15) is 14.0 Å². The van der Waals surface area contributed by atoms with Crippen molar-refractivity contribution in [3.05, 3.63) is 33.6 Å². The fraction of sp³-hybridized carbons (Fsp3) is 0.385. The molecule has 1 aromatic carbocycles. The fourth-order valence-corrected chi connectivity index (χ4v) is 2.29. The first-order chi connectivity index (χ1) is 9.42. The van der Waals surface area contributed by atoms with E-state index in [2.05, 4.69) is 0 Å². The highest BCUT2D eigenvalue weighted by atomic mass is 35.5. The molecule has 110 valence electrons. The summed E-state index contributed by atoms with van der Waals surface area (Å²) >= 11 is 11.8. The highest BCUT2D eigenvalue weighted by Crippen LogP contribution is 2.34. The van der Waals surface area contributed by atoms with Gasteiger partial charge in [0.25, 0.3) is 0 Å². The van der Waals surface area contributed by atoms with Crippen LogP contribution in [0.5, 0.6) is 0 Å². The first-order valence-electron chi connectivity index (χ1n) is 5.90. The lowest BCUT2D eigenvalue weighted by Crippen LogP contribution is -2.26. The van der Waals surface area contributed by atoms with Crippen LogP contribution in [-0.4, -0.2) is 25.2 Å². The average molecular weight is 323 g/mol. The lowest BCUT2D eigenvalue weighted by molar-refractivity contribution is -0.156. The van der Waals surface area contributed by atoms with Gasteiger partial charge in [-0.2, -0.15) is 0 Å². The van der Waals surface area contributed by atoms with Gasteiger partial charge in [-0.25, -0.2) is 4.39 Å². The molecule has 7 heteroatoms. The second kappa shape index (κ2) is 7.45. The second-order valence-electron chi connectivity index (χ2n) is 3.72. The SMILES string of the molecule is CCOC(=O)C(C(=O)OCC)c1c(Cl)cc(F)cc1Cl. The Kier molecular flexibility index (Phi) is 6.23. The van der Waals surface area contributed by atoms with Gasteiger partial charge in [0, 0.05) is 15.6 Å². The van der Waals surface area contributed by atoms with Crippen molar-refractivity contribution in [3.63, 3.8) is 0 Å². The predicted octanol–water partition coefficient (Wildman–Crippen LogP) is 3.34. The van der Waals surface area contributed by atoms with Gasteiger partial charge in [-0.15, -0.1) is 0 Å². The molecule has 0 aromatic heterocycles. The lowest BCUT2D eigenvalue weighted by atomic mass is 9.99. The highest BCUT2D eigenvalue weighted by molar-refractivity contribution is 6.37. The largest absolute Gasteiger partial charge is 0.465 e. The summed E-state index contributed by atoms with van der Waals surface area (Å²) in [5.74, 6) is -3.80. The van der Waals surface area contributed by atoms with Gasteiger partial charge < -0.3 is 9.47 Å². The number of ether oxygens (including phenoxy) is 2. The van der Waals surface area contributed by atoms with E-state index in [1.807, 2.05) is 0 Å². The third-order valence-electron chi connectivity index (χ3n) is 2.38. The van der Waals surface area contributed by atoms with E-state index in [0.29, 0.717) is 0 Å². The molecule has 0 radical (unpaired) electrons. The highest BCUT2D eigenvalue weighted by Gasteiger charge is 2.35. The van der Waals surface area contributed by atoms with Gasteiger partial charge in [0.2, 0.25) is 0 Å². The summed E-state index contributed by atoms with van der Waals surface area (Å²) in [6.45, 7) is 3.33. The molecular weight excluding hydrogens is 310 g/mol. The molecule has 4 nitrogen and oxygen atoms in total. The minimum atomic E-state index is -1.43. The van der Waals surface area contributed by atoms with Crippen molar-refractivity contribution in [2.45, 2.75) is 19.8 Å². The predicted molar refractivity (Wildman–Crippen MR) is 72.4 cm³/mol. The Labute approximate surface area is 125 Å². The van der Waals surface area contributed by atoms with Crippen LogP contribution in [0.15, 0.2) is 12.1 Å². The van der Waals surface area contributed by atoms with Crippen LogP contribution in [0, 0.1) is 5.82 Å². The molecule has 0 aliphatic carbocycles. The Morgan fingerprint density at radius 1 is 1.10 bits per heavy atom. The second-order valence-corrected chi connectivity index (χ2v) is 4.53. The Balaban J connectivity index is 3.30. The topological polar surface area (TPSA) is 52.6 Å². The number of benzene rings is 1. The Hall–Kier alpha value is -1.33. The van der Waals surface area contributed by atoms with E-state index in [4.69, 9.17) is 32.7 Å². The van der Waals surface area contributed by atoms with Crippen LogP contribution in [-0.2, 0) is 19.1 Å². The minimum absolute atomic E-state index is 0.0216. The van der Waals surface area contributed by atoms with Crippen LogP contribution in [0.3, 0.4) is 0 Å². The zero-order valence-electron chi connectivity index (χ0n) is 10.9. The van der Waals surface area contributed by atoms with Gasteiger partial charge in [0.15, 0.2) is 5.92 Å². The van der Waals surface area contributed by atoms with Crippen LogP contribution < -0.4 is 0 Å². The van der Waals surface area contributed by atoms with Gasteiger partial charge in [0.05, 0.1) is 13.2 Å². The van der Waals surface area contributed by atoms with E-state index >= 15 is 0 Å². The number of hydrogen-bond donors (Lipinski definition) is 0. The number of hydrogen-bond acceptors (Lipinski definition) is 4. The van der Waals surface area contributed by atoms with E-state index in [1.54, 1.807) is 13.8 Å². The molecule has 0 heterocycles. The molecule has 0 aliphatic rings. The van der Waals surface area contributed by atoms with Crippen molar-refractivity contribution in [1.29, 1.82) is 0 Å². The maximum absolute atomic E-state index is 13.2. The maximum atomic E-state index is 13.2. The first kappa shape index (κ1) is 16.7. The third kappa shape index (κ3) is 3.84. The van der Waals surface area contributed by atoms with Crippen molar-refractivity contribution < 1.29 is 23.5 Å². The minimum Gasteiger partial charge on any atom is -0.465 e. The summed E-state index contributed by atoms with van der Waals surface area (Å²) in [4.78, 5) is 23.8.